The second kappa shape index (κ2) is 10.3. The zero-order valence-corrected chi connectivity index (χ0v) is 19.5. The molecule has 0 fully saturated rings. The second-order valence-corrected chi connectivity index (χ2v) is 8.43. The van der Waals surface area contributed by atoms with Gasteiger partial charge in [-0.05, 0) is 77.9 Å². The van der Waals surface area contributed by atoms with Gasteiger partial charge in [0.1, 0.15) is 11.9 Å². The number of aryl methyl sites for hydroxylation is 1. The van der Waals surface area contributed by atoms with Crippen molar-refractivity contribution in [1.82, 2.24) is 0 Å². The van der Waals surface area contributed by atoms with Gasteiger partial charge in [0.15, 0.2) is 0 Å². The Balaban J connectivity index is 1.51. The van der Waals surface area contributed by atoms with Crippen molar-refractivity contribution in [3.8, 4) is 28.7 Å². The summed E-state index contributed by atoms with van der Waals surface area (Å²) in [6.07, 6.45) is -2.63. The van der Waals surface area contributed by atoms with Gasteiger partial charge in [-0.1, -0.05) is 42.3 Å². The highest BCUT2D eigenvalue weighted by molar-refractivity contribution is 5.71. The zero-order chi connectivity index (χ0) is 25.0. The summed E-state index contributed by atoms with van der Waals surface area (Å²) < 4.78 is 49.7. The van der Waals surface area contributed by atoms with Crippen LogP contribution in [0.2, 0.25) is 0 Å². The number of rotatable bonds is 6. The third kappa shape index (κ3) is 5.68. The molecule has 2 atom stereocenters. The molecule has 6 heteroatoms. The van der Waals surface area contributed by atoms with E-state index in [2.05, 4.69) is 11.8 Å². The van der Waals surface area contributed by atoms with Crippen molar-refractivity contribution in [1.29, 1.82) is 0 Å². The third-order valence-electron chi connectivity index (χ3n) is 6.19. The van der Waals surface area contributed by atoms with E-state index in [4.69, 9.17) is 9.47 Å². The summed E-state index contributed by atoms with van der Waals surface area (Å²) in [6.45, 7) is 1.73. The van der Waals surface area contributed by atoms with Crippen LogP contribution in [0.3, 0.4) is 0 Å². The summed E-state index contributed by atoms with van der Waals surface area (Å²) in [7, 11) is 1.36. The molecule has 0 spiro atoms. The lowest BCUT2D eigenvalue weighted by Crippen LogP contribution is -2.08. The topological polar surface area (TPSA) is 35.5 Å². The van der Waals surface area contributed by atoms with Gasteiger partial charge in [-0.15, -0.1) is 5.92 Å². The van der Waals surface area contributed by atoms with E-state index in [-0.39, 0.29) is 24.4 Å². The summed E-state index contributed by atoms with van der Waals surface area (Å²) in [5.41, 5.74) is 4.06. The molecule has 35 heavy (non-hydrogen) atoms. The maximum atomic E-state index is 12.9. The van der Waals surface area contributed by atoms with Crippen LogP contribution in [0.1, 0.15) is 54.0 Å². The summed E-state index contributed by atoms with van der Waals surface area (Å²) in [4.78, 5) is 11.7. The number of fused-ring (bicyclic) bond motifs is 1. The molecule has 0 radical (unpaired) electrons. The molecule has 0 heterocycles. The fraction of sp³-hybridized carbons (Fsp3) is 0.276. The van der Waals surface area contributed by atoms with Crippen molar-refractivity contribution in [2.75, 3.05) is 7.11 Å². The van der Waals surface area contributed by atoms with E-state index in [1.54, 1.807) is 6.92 Å². The molecule has 0 N–H and O–H groups in total. The van der Waals surface area contributed by atoms with Crippen LogP contribution in [-0.4, -0.2) is 13.1 Å². The first kappa shape index (κ1) is 24.4. The molecule has 0 saturated heterocycles. The van der Waals surface area contributed by atoms with Gasteiger partial charge in [-0.25, -0.2) is 0 Å². The fourth-order valence-electron chi connectivity index (χ4n) is 4.34. The van der Waals surface area contributed by atoms with Gasteiger partial charge in [0.25, 0.3) is 0 Å². The minimum atomic E-state index is -4.35. The van der Waals surface area contributed by atoms with Crippen molar-refractivity contribution >= 4 is 5.97 Å². The molecule has 1 unspecified atom stereocenters. The number of carbonyl (C=O) groups is 1. The highest BCUT2D eigenvalue weighted by Gasteiger charge is 2.30. The molecule has 3 aromatic carbocycles. The van der Waals surface area contributed by atoms with Crippen LogP contribution in [0.15, 0.2) is 66.7 Å². The van der Waals surface area contributed by atoms with E-state index >= 15 is 0 Å². The van der Waals surface area contributed by atoms with Gasteiger partial charge in [-0.3, -0.25) is 4.79 Å². The maximum Gasteiger partial charge on any atom is 0.416 e. The average Bonchev–Trinajstić information content (AvgIpc) is 3.25. The molecule has 180 valence electrons. The molecule has 0 bridgehead atoms. The molecular weight excluding hydrogens is 453 g/mol. The lowest BCUT2D eigenvalue weighted by molar-refractivity contribution is -0.141. The van der Waals surface area contributed by atoms with Gasteiger partial charge in [0.2, 0.25) is 0 Å². The Morgan fingerprint density at radius 2 is 1.71 bits per heavy atom. The van der Waals surface area contributed by atoms with Crippen molar-refractivity contribution in [3.05, 3.63) is 89.0 Å². The molecule has 0 saturated carbocycles. The van der Waals surface area contributed by atoms with Gasteiger partial charge in [0, 0.05) is 0 Å². The molecule has 4 rings (SSSR count). The smallest absolute Gasteiger partial charge is 0.416 e. The first-order valence-corrected chi connectivity index (χ1v) is 11.3. The molecule has 3 aromatic rings. The first-order chi connectivity index (χ1) is 16.8. The number of methoxy groups -OCH3 is 1. The number of hydrogen-bond donors (Lipinski definition) is 0. The van der Waals surface area contributed by atoms with Crippen LogP contribution in [0, 0.1) is 11.8 Å². The molecular formula is C29H25F3O3. The van der Waals surface area contributed by atoms with E-state index in [1.807, 2.05) is 42.5 Å². The Kier molecular flexibility index (Phi) is 7.16. The monoisotopic (exact) mass is 478 g/mol. The fourth-order valence-corrected chi connectivity index (χ4v) is 4.34. The number of esters is 1. The number of halogens is 3. The highest BCUT2D eigenvalue weighted by atomic mass is 19.4. The molecule has 0 amide bonds. The molecule has 1 aliphatic carbocycles. The summed E-state index contributed by atoms with van der Waals surface area (Å²) in [5, 5.41) is 0. The van der Waals surface area contributed by atoms with E-state index < -0.39 is 11.7 Å². The predicted octanol–water partition coefficient (Wildman–Crippen LogP) is 7.11. The summed E-state index contributed by atoms with van der Waals surface area (Å²) in [5.74, 6) is 6.05. The van der Waals surface area contributed by atoms with Gasteiger partial charge in [0.05, 0.1) is 25.0 Å². The Hall–Kier alpha value is -3.72. The summed E-state index contributed by atoms with van der Waals surface area (Å²) in [6, 6.07) is 18.7. The quantitative estimate of drug-likeness (QED) is 0.280. The maximum absolute atomic E-state index is 12.9. The van der Waals surface area contributed by atoms with Crippen molar-refractivity contribution in [3.63, 3.8) is 0 Å². The number of alkyl halides is 3. The minimum absolute atomic E-state index is 0.147. The Bertz CT molecular complexity index is 1250. The van der Waals surface area contributed by atoms with Crippen molar-refractivity contribution in [2.45, 2.75) is 44.4 Å². The van der Waals surface area contributed by atoms with E-state index in [9.17, 15) is 18.0 Å². The zero-order valence-electron chi connectivity index (χ0n) is 19.5. The van der Waals surface area contributed by atoms with E-state index in [1.165, 1.54) is 24.8 Å². The molecule has 0 aromatic heterocycles. The lowest BCUT2D eigenvalue weighted by Gasteiger charge is -2.17. The van der Waals surface area contributed by atoms with Gasteiger partial charge in [-0.2, -0.15) is 13.2 Å². The van der Waals surface area contributed by atoms with Crippen LogP contribution in [0.5, 0.6) is 5.75 Å². The number of carbonyl (C=O) groups excluding carboxylic acids is 1. The van der Waals surface area contributed by atoms with Crippen molar-refractivity contribution < 1.29 is 27.4 Å². The van der Waals surface area contributed by atoms with Gasteiger partial charge < -0.3 is 9.47 Å². The molecule has 1 aliphatic rings. The number of ether oxygens (including phenoxy) is 2. The average molecular weight is 479 g/mol. The van der Waals surface area contributed by atoms with E-state index in [0.29, 0.717) is 5.75 Å². The molecule has 3 nitrogen and oxygen atoms in total. The largest absolute Gasteiger partial charge is 0.486 e. The van der Waals surface area contributed by atoms with Crippen LogP contribution in [0.4, 0.5) is 13.2 Å². The predicted molar refractivity (Wildman–Crippen MR) is 128 cm³/mol. The third-order valence-corrected chi connectivity index (χ3v) is 6.19. The van der Waals surface area contributed by atoms with Gasteiger partial charge >= 0.3 is 12.1 Å². The van der Waals surface area contributed by atoms with Crippen LogP contribution < -0.4 is 4.74 Å². The number of hydrogen-bond acceptors (Lipinski definition) is 3. The Morgan fingerprint density at radius 3 is 2.34 bits per heavy atom. The minimum Gasteiger partial charge on any atom is -0.486 e. The second-order valence-electron chi connectivity index (χ2n) is 8.43. The van der Waals surface area contributed by atoms with Crippen LogP contribution >= 0.6 is 0 Å². The molecule has 0 aliphatic heterocycles. The standard InChI is InChI=1S/C29H25F3O3/c1-3-4-22(18-28(33)34-2)20-9-14-25(15-10-20)35-27-16-11-21-5-6-23(17-26(21)27)19-7-12-24(13-8-19)29(30,31)32/h5-10,12-15,17,22,27H,11,16,18H2,1-2H3/t22-,27?/m0/s1. The van der Waals surface area contributed by atoms with E-state index in [0.717, 1.165) is 47.2 Å². The Morgan fingerprint density at radius 1 is 1.03 bits per heavy atom. The Labute approximate surface area is 202 Å². The number of benzene rings is 3. The first-order valence-electron chi connectivity index (χ1n) is 11.3. The van der Waals surface area contributed by atoms with Crippen LogP contribution in [-0.2, 0) is 22.1 Å². The normalized spacial score (nSPS) is 15.5. The van der Waals surface area contributed by atoms with Crippen LogP contribution in [0.25, 0.3) is 11.1 Å². The summed E-state index contributed by atoms with van der Waals surface area (Å²) >= 11 is 0. The highest BCUT2D eigenvalue weighted by Crippen LogP contribution is 2.38. The lowest BCUT2D eigenvalue weighted by atomic mass is 9.96. The van der Waals surface area contributed by atoms with Crippen molar-refractivity contribution in [2.24, 2.45) is 0 Å². The SMILES string of the molecule is CC#C[C@@H](CC(=O)OC)c1ccc(OC2CCc3ccc(-c4ccc(C(F)(F)F)cc4)cc32)cc1.